The number of Topliss-reactive ketones (excluding diaryl/α,β-unsaturated/α-hetero) is 1. The van der Waals surface area contributed by atoms with E-state index < -0.39 is 29.3 Å². The molecule has 0 spiro atoms. The summed E-state index contributed by atoms with van der Waals surface area (Å²) in [4.78, 5) is 51.4. The predicted octanol–water partition coefficient (Wildman–Crippen LogP) is 6.01. The second-order valence-corrected chi connectivity index (χ2v) is 9.96. The standard InChI is InChI=1S/C29H24ClN3O6/c30-20-10-8-17(9-11-20)19-15-23-28(25(34)16-19)29(18-4-3-5-21(14-18)33(38)39)32(26(35)12-13-27(36)37)24-7-2-1-6-22(24)31-23/h1-11,14,19,29,31H,12-13,15-16H2,(H,36,37)/t19-,29+/m1/s1. The molecule has 3 aromatic carbocycles. The van der Waals surface area contributed by atoms with Crippen molar-refractivity contribution in [1.82, 2.24) is 0 Å². The van der Waals surface area contributed by atoms with Crippen LogP contribution < -0.4 is 10.2 Å². The molecule has 1 aliphatic heterocycles. The summed E-state index contributed by atoms with van der Waals surface area (Å²) in [5, 5.41) is 24.8. The molecule has 2 atom stereocenters. The van der Waals surface area contributed by atoms with E-state index in [2.05, 4.69) is 5.32 Å². The van der Waals surface area contributed by atoms with Crippen LogP contribution in [0.4, 0.5) is 17.1 Å². The van der Waals surface area contributed by atoms with E-state index in [1.54, 1.807) is 42.5 Å². The molecule has 10 heteroatoms. The summed E-state index contributed by atoms with van der Waals surface area (Å²) < 4.78 is 0. The highest BCUT2D eigenvalue weighted by atomic mass is 35.5. The largest absolute Gasteiger partial charge is 0.481 e. The molecule has 1 aliphatic carbocycles. The third kappa shape index (κ3) is 5.26. The Hall–Kier alpha value is -4.50. The van der Waals surface area contributed by atoms with Crippen LogP contribution in [0.25, 0.3) is 0 Å². The Balaban J connectivity index is 1.70. The Morgan fingerprint density at radius 3 is 2.46 bits per heavy atom. The number of hydrogen-bond donors (Lipinski definition) is 2. The first-order valence-electron chi connectivity index (χ1n) is 12.4. The minimum Gasteiger partial charge on any atom is -0.481 e. The summed E-state index contributed by atoms with van der Waals surface area (Å²) in [5.74, 6) is -1.99. The molecule has 0 aromatic heterocycles. The first kappa shape index (κ1) is 26.1. The number of non-ortho nitro benzene ring substituents is 1. The van der Waals surface area contributed by atoms with Crippen molar-refractivity contribution >= 4 is 46.3 Å². The van der Waals surface area contributed by atoms with E-state index in [-0.39, 0.29) is 30.2 Å². The second-order valence-electron chi connectivity index (χ2n) is 9.53. The molecule has 0 radical (unpaired) electrons. The first-order chi connectivity index (χ1) is 18.7. The van der Waals surface area contributed by atoms with Crippen LogP contribution >= 0.6 is 11.6 Å². The van der Waals surface area contributed by atoms with Gasteiger partial charge in [-0.2, -0.15) is 0 Å². The summed E-state index contributed by atoms with van der Waals surface area (Å²) in [5.41, 5.74) is 3.13. The predicted molar refractivity (Wildman–Crippen MR) is 146 cm³/mol. The van der Waals surface area contributed by atoms with Gasteiger partial charge in [0.15, 0.2) is 5.78 Å². The summed E-state index contributed by atoms with van der Waals surface area (Å²) in [6.45, 7) is 0. The van der Waals surface area contributed by atoms with Gasteiger partial charge >= 0.3 is 5.97 Å². The number of allylic oxidation sites excluding steroid dienone is 1. The van der Waals surface area contributed by atoms with Crippen molar-refractivity contribution in [3.05, 3.63) is 110 Å². The van der Waals surface area contributed by atoms with E-state index in [1.807, 2.05) is 12.1 Å². The molecule has 0 unspecified atom stereocenters. The Bertz CT molecular complexity index is 1520. The van der Waals surface area contributed by atoms with Crippen LogP contribution in [0.5, 0.6) is 0 Å². The molecule has 2 aliphatic rings. The molecule has 1 heterocycles. The number of halogens is 1. The van der Waals surface area contributed by atoms with Crippen molar-refractivity contribution < 1.29 is 24.4 Å². The molecule has 1 amide bonds. The SMILES string of the molecule is O=C(O)CCC(=O)N1c2ccccc2NC2=C(C(=O)C[C@H](c3ccc(Cl)cc3)C2)[C@@H]1c1cccc([N+](=O)[O-])c1. The number of nitro groups is 1. The zero-order valence-corrected chi connectivity index (χ0v) is 21.4. The van der Waals surface area contributed by atoms with E-state index in [0.29, 0.717) is 39.7 Å². The number of amides is 1. The maximum Gasteiger partial charge on any atom is 0.303 e. The number of carbonyl (C=O) groups is 3. The Morgan fingerprint density at radius 2 is 1.74 bits per heavy atom. The smallest absolute Gasteiger partial charge is 0.303 e. The van der Waals surface area contributed by atoms with E-state index >= 15 is 0 Å². The Morgan fingerprint density at radius 1 is 1.00 bits per heavy atom. The number of nitrogens with one attached hydrogen (secondary N) is 1. The van der Waals surface area contributed by atoms with Crippen LogP contribution in [0.3, 0.4) is 0 Å². The van der Waals surface area contributed by atoms with Gasteiger partial charge in [-0.3, -0.25) is 29.4 Å². The van der Waals surface area contributed by atoms with Crippen LogP contribution in [-0.2, 0) is 14.4 Å². The molecule has 3 aromatic rings. The Labute approximate surface area is 228 Å². The average Bonchev–Trinajstić information content (AvgIpc) is 3.07. The number of ketones is 1. The highest BCUT2D eigenvalue weighted by Gasteiger charge is 2.42. The maximum absolute atomic E-state index is 13.9. The van der Waals surface area contributed by atoms with Gasteiger partial charge in [-0.1, -0.05) is 48.0 Å². The summed E-state index contributed by atoms with van der Waals surface area (Å²) >= 11 is 6.07. The van der Waals surface area contributed by atoms with Gasteiger partial charge in [0.25, 0.3) is 5.69 Å². The van der Waals surface area contributed by atoms with Crippen LogP contribution in [-0.4, -0.2) is 27.7 Å². The van der Waals surface area contributed by atoms with Gasteiger partial charge in [0.05, 0.1) is 28.8 Å². The third-order valence-electron chi connectivity index (χ3n) is 7.05. The molecular formula is C29H24ClN3O6. The lowest BCUT2D eigenvalue weighted by atomic mass is 9.78. The number of anilines is 2. The molecular weight excluding hydrogens is 522 g/mol. The minimum atomic E-state index is -1.13. The van der Waals surface area contributed by atoms with Crippen molar-refractivity contribution in [2.45, 2.75) is 37.6 Å². The summed E-state index contributed by atoms with van der Waals surface area (Å²) in [7, 11) is 0. The molecule has 5 rings (SSSR count). The topological polar surface area (TPSA) is 130 Å². The number of fused-ring (bicyclic) bond motifs is 1. The van der Waals surface area contributed by atoms with Gasteiger partial charge in [-0.05, 0) is 47.7 Å². The number of benzene rings is 3. The van der Waals surface area contributed by atoms with Crippen LogP contribution in [0.15, 0.2) is 84.1 Å². The molecule has 0 saturated carbocycles. The zero-order chi connectivity index (χ0) is 27.7. The van der Waals surface area contributed by atoms with Crippen molar-refractivity contribution in [3.63, 3.8) is 0 Å². The van der Waals surface area contributed by atoms with Crippen molar-refractivity contribution in [3.8, 4) is 0 Å². The number of carboxylic acids is 1. The zero-order valence-electron chi connectivity index (χ0n) is 20.7. The van der Waals surface area contributed by atoms with Crippen molar-refractivity contribution in [2.75, 3.05) is 10.2 Å². The molecule has 9 nitrogen and oxygen atoms in total. The fourth-order valence-electron chi connectivity index (χ4n) is 5.29. The van der Waals surface area contributed by atoms with Crippen LogP contribution in [0.2, 0.25) is 5.02 Å². The fraction of sp³-hybridized carbons (Fsp3) is 0.207. The van der Waals surface area contributed by atoms with E-state index in [9.17, 15) is 29.6 Å². The lowest BCUT2D eigenvalue weighted by molar-refractivity contribution is -0.384. The number of carboxylic acid groups (broad SMARTS) is 1. The number of nitro benzene ring substituents is 1. The van der Waals surface area contributed by atoms with Crippen LogP contribution in [0.1, 0.15) is 48.8 Å². The Kier molecular flexibility index (Phi) is 7.17. The van der Waals surface area contributed by atoms with Crippen LogP contribution in [0, 0.1) is 10.1 Å². The molecule has 39 heavy (non-hydrogen) atoms. The average molecular weight is 546 g/mol. The van der Waals surface area contributed by atoms with Gasteiger partial charge in [0.2, 0.25) is 5.91 Å². The van der Waals surface area contributed by atoms with Crippen molar-refractivity contribution in [1.29, 1.82) is 0 Å². The molecule has 2 N–H and O–H groups in total. The first-order valence-corrected chi connectivity index (χ1v) is 12.8. The van der Waals surface area contributed by atoms with E-state index in [0.717, 1.165) is 5.56 Å². The normalized spacial score (nSPS) is 18.5. The lowest BCUT2D eigenvalue weighted by Crippen LogP contribution is -2.38. The van der Waals surface area contributed by atoms with Gasteiger partial charge in [0, 0.05) is 41.3 Å². The fourth-order valence-corrected chi connectivity index (χ4v) is 5.42. The molecule has 0 bridgehead atoms. The number of hydrogen-bond acceptors (Lipinski definition) is 6. The lowest BCUT2D eigenvalue weighted by Gasteiger charge is -2.35. The quantitative estimate of drug-likeness (QED) is 0.286. The molecule has 0 fully saturated rings. The minimum absolute atomic E-state index is 0.145. The number of carbonyl (C=O) groups excluding carboxylic acids is 2. The monoisotopic (exact) mass is 545 g/mol. The third-order valence-corrected chi connectivity index (χ3v) is 7.30. The second kappa shape index (κ2) is 10.7. The van der Waals surface area contributed by atoms with E-state index in [1.165, 1.54) is 23.1 Å². The summed E-state index contributed by atoms with van der Waals surface area (Å²) in [6.07, 6.45) is -0.0783. The number of nitrogens with zero attached hydrogens (tertiary/aromatic N) is 2. The van der Waals surface area contributed by atoms with Gasteiger partial charge in [0.1, 0.15) is 0 Å². The molecule has 198 valence electrons. The highest BCUT2D eigenvalue weighted by Crippen LogP contribution is 2.48. The molecule has 0 saturated heterocycles. The number of rotatable bonds is 6. The summed E-state index contributed by atoms with van der Waals surface area (Å²) in [6, 6.07) is 19.2. The van der Waals surface area contributed by atoms with E-state index in [4.69, 9.17) is 11.6 Å². The maximum atomic E-state index is 13.9. The van der Waals surface area contributed by atoms with Gasteiger partial charge < -0.3 is 10.4 Å². The van der Waals surface area contributed by atoms with Gasteiger partial charge in [-0.15, -0.1) is 0 Å². The van der Waals surface area contributed by atoms with Gasteiger partial charge in [-0.25, -0.2) is 0 Å². The number of para-hydroxylation sites is 2. The highest BCUT2D eigenvalue weighted by molar-refractivity contribution is 6.30. The van der Waals surface area contributed by atoms with Crippen molar-refractivity contribution in [2.24, 2.45) is 0 Å². The number of aliphatic carboxylic acids is 1.